The highest BCUT2D eigenvalue weighted by Crippen LogP contribution is 2.42. The van der Waals surface area contributed by atoms with Crippen LogP contribution in [-0.4, -0.2) is 10.2 Å². The van der Waals surface area contributed by atoms with Crippen LogP contribution >= 0.6 is 0 Å². The Morgan fingerprint density at radius 2 is 1.91 bits per heavy atom. The van der Waals surface area contributed by atoms with Crippen molar-refractivity contribution >= 4 is 0 Å². The van der Waals surface area contributed by atoms with Crippen LogP contribution in [0.25, 0.3) is 0 Å². The normalized spacial score (nSPS) is 17.4. The van der Waals surface area contributed by atoms with E-state index in [-0.39, 0.29) is 17.2 Å². The fourth-order valence-corrected chi connectivity index (χ4v) is 2.91. The molecule has 118 valence electrons. The SMILES string of the molecule is Cc1[nH]nc2c1[C@@H](c1ccc(C(C)(C)C)cc1)C(C#N)=C(N)O2. The number of aromatic amines is 1. The maximum Gasteiger partial charge on any atom is 0.244 e. The second kappa shape index (κ2) is 5.17. The summed E-state index contributed by atoms with van der Waals surface area (Å²) in [6.07, 6.45) is 0. The highest BCUT2D eigenvalue weighted by Gasteiger charge is 2.34. The van der Waals surface area contributed by atoms with Crippen LogP contribution in [0.3, 0.4) is 0 Å². The molecule has 1 aliphatic heterocycles. The zero-order chi connectivity index (χ0) is 16.8. The number of hydrogen-bond donors (Lipinski definition) is 2. The molecule has 1 aromatic carbocycles. The molecule has 2 heterocycles. The Kier molecular flexibility index (Phi) is 3.41. The monoisotopic (exact) mass is 308 g/mol. The molecule has 0 bridgehead atoms. The van der Waals surface area contributed by atoms with E-state index in [1.54, 1.807) is 0 Å². The third-order valence-corrected chi connectivity index (χ3v) is 4.24. The minimum atomic E-state index is -0.253. The molecule has 1 aromatic heterocycles. The molecule has 0 saturated heterocycles. The zero-order valence-electron chi connectivity index (χ0n) is 13.8. The number of rotatable bonds is 1. The number of fused-ring (bicyclic) bond motifs is 1. The molecule has 5 heteroatoms. The van der Waals surface area contributed by atoms with E-state index in [2.05, 4.69) is 61.3 Å². The second-order valence-electron chi connectivity index (χ2n) is 6.86. The number of aromatic nitrogens is 2. The van der Waals surface area contributed by atoms with E-state index < -0.39 is 0 Å². The van der Waals surface area contributed by atoms with Crippen molar-refractivity contribution in [2.45, 2.75) is 39.0 Å². The van der Waals surface area contributed by atoms with Crippen molar-refractivity contribution in [3.8, 4) is 11.9 Å². The van der Waals surface area contributed by atoms with Gasteiger partial charge in [-0.3, -0.25) is 5.10 Å². The lowest BCUT2D eigenvalue weighted by atomic mass is 9.81. The first kappa shape index (κ1) is 15.2. The average molecular weight is 308 g/mol. The minimum Gasteiger partial charge on any atom is -0.420 e. The number of hydrogen-bond acceptors (Lipinski definition) is 4. The number of nitrogens with two attached hydrogens (primary N) is 1. The highest BCUT2D eigenvalue weighted by atomic mass is 16.5. The molecule has 3 rings (SSSR count). The Morgan fingerprint density at radius 1 is 1.26 bits per heavy atom. The van der Waals surface area contributed by atoms with Gasteiger partial charge in [0, 0.05) is 11.3 Å². The number of nitriles is 1. The molecular weight excluding hydrogens is 288 g/mol. The van der Waals surface area contributed by atoms with Crippen LogP contribution in [0, 0.1) is 18.3 Å². The standard InChI is InChI=1S/C18H20N4O/c1-10-14-15(11-5-7-12(8-6-11)18(2,3)4)13(9-19)16(20)23-17(14)22-21-10/h5-8,15H,20H2,1-4H3,(H,21,22)/t15-/m0/s1. The van der Waals surface area contributed by atoms with Crippen LogP contribution in [0.2, 0.25) is 0 Å². The molecule has 0 unspecified atom stereocenters. The van der Waals surface area contributed by atoms with Gasteiger partial charge in [0.1, 0.15) is 11.6 Å². The van der Waals surface area contributed by atoms with Crippen LogP contribution in [0.15, 0.2) is 35.7 Å². The van der Waals surface area contributed by atoms with Crippen LogP contribution in [-0.2, 0) is 5.41 Å². The van der Waals surface area contributed by atoms with E-state index in [0.717, 1.165) is 16.8 Å². The number of benzene rings is 1. The van der Waals surface area contributed by atoms with Crippen molar-refractivity contribution < 1.29 is 4.74 Å². The van der Waals surface area contributed by atoms with E-state index in [1.807, 2.05) is 6.92 Å². The van der Waals surface area contributed by atoms with Gasteiger partial charge in [-0.1, -0.05) is 45.0 Å². The van der Waals surface area contributed by atoms with Crippen molar-refractivity contribution in [3.05, 3.63) is 58.1 Å². The van der Waals surface area contributed by atoms with Crippen LogP contribution < -0.4 is 10.5 Å². The smallest absolute Gasteiger partial charge is 0.244 e. The molecule has 3 N–H and O–H groups in total. The number of nitrogens with one attached hydrogen (secondary N) is 1. The van der Waals surface area contributed by atoms with Crippen LogP contribution in [0.4, 0.5) is 0 Å². The van der Waals surface area contributed by atoms with E-state index in [4.69, 9.17) is 10.5 Å². The Morgan fingerprint density at radius 3 is 2.48 bits per heavy atom. The van der Waals surface area contributed by atoms with Gasteiger partial charge in [0.25, 0.3) is 0 Å². The van der Waals surface area contributed by atoms with E-state index in [9.17, 15) is 5.26 Å². The predicted molar refractivity (Wildman–Crippen MR) is 87.8 cm³/mol. The quantitative estimate of drug-likeness (QED) is 0.846. The van der Waals surface area contributed by atoms with Gasteiger partial charge < -0.3 is 10.5 Å². The summed E-state index contributed by atoms with van der Waals surface area (Å²) in [6, 6.07) is 10.5. The Bertz CT molecular complexity index is 816. The highest BCUT2D eigenvalue weighted by molar-refractivity contribution is 5.55. The number of H-pyrrole nitrogens is 1. The molecule has 0 saturated carbocycles. The molecule has 0 spiro atoms. The lowest BCUT2D eigenvalue weighted by Crippen LogP contribution is -2.21. The summed E-state index contributed by atoms with van der Waals surface area (Å²) in [4.78, 5) is 0. The lowest BCUT2D eigenvalue weighted by Gasteiger charge is -2.25. The number of ether oxygens (including phenoxy) is 1. The third kappa shape index (κ3) is 2.46. The first-order valence-corrected chi connectivity index (χ1v) is 7.56. The second-order valence-corrected chi connectivity index (χ2v) is 6.86. The van der Waals surface area contributed by atoms with Gasteiger partial charge in [0.15, 0.2) is 0 Å². The molecule has 2 aromatic rings. The minimum absolute atomic E-state index is 0.0812. The molecule has 0 aliphatic carbocycles. The largest absolute Gasteiger partial charge is 0.420 e. The van der Waals surface area contributed by atoms with E-state index >= 15 is 0 Å². The van der Waals surface area contributed by atoms with Crippen molar-refractivity contribution in [2.75, 3.05) is 0 Å². The third-order valence-electron chi connectivity index (χ3n) is 4.24. The number of aryl methyl sites for hydroxylation is 1. The lowest BCUT2D eigenvalue weighted by molar-refractivity contribution is 0.379. The zero-order valence-corrected chi connectivity index (χ0v) is 13.8. The first-order chi connectivity index (χ1) is 10.8. The van der Waals surface area contributed by atoms with Crippen molar-refractivity contribution in [1.29, 1.82) is 5.26 Å². The number of allylic oxidation sites excluding steroid dienone is 1. The van der Waals surface area contributed by atoms with E-state index in [0.29, 0.717) is 11.5 Å². The predicted octanol–water partition coefficient (Wildman–Crippen LogP) is 3.23. The molecule has 1 aliphatic rings. The Hall–Kier alpha value is -2.74. The van der Waals surface area contributed by atoms with Gasteiger partial charge in [0.2, 0.25) is 11.8 Å². The fourth-order valence-electron chi connectivity index (χ4n) is 2.91. The Labute approximate surface area is 135 Å². The van der Waals surface area contributed by atoms with Crippen molar-refractivity contribution in [2.24, 2.45) is 5.73 Å². The van der Waals surface area contributed by atoms with Gasteiger partial charge in [-0.05, 0) is 23.5 Å². The maximum atomic E-state index is 9.53. The molecular formula is C18H20N4O. The van der Waals surface area contributed by atoms with Gasteiger partial charge in [-0.25, -0.2) is 0 Å². The molecule has 0 fully saturated rings. The van der Waals surface area contributed by atoms with Crippen LogP contribution in [0.1, 0.15) is 49.1 Å². The summed E-state index contributed by atoms with van der Waals surface area (Å²) in [7, 11) is 0. The van der Waals surface area contributed by atoms with E-state index in [1.165, 1.54) is 5.56 Å². The summed E-state index contributed by atoms with van der Waals surface area (Å²) in [5.74, 6) is 0.316. The Balaban J connectivity index is 2.13. The number of nitrogens with zero attached hydrogens (tertiary/aromatic N) is 2. The van der Waals surface area contributed by atoms with Crippen molar-refractivity contribution in [3.63, 3.8) is 0 Å². The van der Waals surface area contributed by atoms with Gasteiger partial charge in [0.05, 0.1) is 5.92 Å². The van der Waals surface area contributed by atoms with Gasteiger partial charge >= 0.3 is 0 Å². The fraction of sp³-hybridized carbons (Fsp3) is 0.333. The molecule has 0 amide bonds. The summed E-state index contributed by atoms with van der Waals surface area (Å²) < 4.78 is 5.48. The molecule has 23 heavy (non-hydrogen) atoms. The van der Waals surface area contributed by atoms with Gasteiger partial charge in [-0.2, -0.15) is 5.26 Å². The summed E-state index contributed by atoms with van der Waals surface area (Å²) >= 11 is 0. The molecule has 1 atom stereocenters. The van der Waals surface area contributed by atoms with Gasteiger partial charge in [-0.15, -0.1) is 5.10 Å². The average Bonchev–Trinajstić information content (AvgIpc) is 2.86. The van der Waals surface area contributed by atoms with Crippen molar-refractivity contribution in [1.82, 2.24) is 10.2 Å². The summed E-state index contributed by atoms with van der Waals surface area (Å²) in [5.41, 5.74) is 10.4. The summed E-state index contributed by atoms with van der Waals surface area (Å²) in [6.45, 7) is 8.44. The summed E-state index contributed by atoms with van der Waals surface area (Å²) in [5, 5.41) is 16.6. The topological polar surface area (TPSA) is 87.7 Å². The maximum absolute atomic E-state index is 9.53. The van der Waals surface area contributed by atoms with Crippen LogP contribution in [0.5, 0.6) is 5.88 Å². The molecule has 5 nitrogen and oxygen atoms in total. The first-order valence-electron chi connectivity index (χ1n) is 7.56. The molecule has 0 radical (unpaired) electrons.